The van der Waals surface area contributed by atoms with Crippen LogP contribution in [0.15, 0.2) is 18.3 Å². The van der Waals surface area contributed by atoms with E-state index in [0.29, 0.717) is 5.92 Å². The maximum absolute atomic E-state index is 9.04. The van der Waals surface area contributed by atoms with E-state index in [9.17, 15) is 0 Å². The molecule has 1 atom stereocenters. The third-order valence-corrected chi connectivity index (χ3v) is 3.62. The van der Waals surface area contributed by atoms with E-state index < -0.39 is 0 Å². The van der Waals surface area contributed by atoms with Crippen molar-refractivity contribution in [1.29, 1.82) is 0 Å². The summed E-state index contributed by atoms with van der Waals surface area (Å²) in [5, 5.41) is 9.04. The molecule has 102 valence electrons. The minimum atomic E-state index is 0.193. The number of imidazole rings is 1. The number of aryl methyl sites for hydroxylation is 1. The van der Waals surface area contributed by atoms with E-state index in [1.807, 2.05) is 12.1 Å². The minimum absolute atomic E-state index is 0.193. The number of fused-ring (bicyclic) bond motifs is 1. The number of hydrogen-bond acceptors (Lipinski definition) is 4. The second kappa shape index (κ2) is 5.67. The Morgan fingerprint density at radius 2 is 2.42 bits per heavy atom. The minimum Gasteiger partial charge on any atom is -0.396 e. The highest BCUT2D eigenvalue weighted by Gasteiger charge is 2.20. The number of pyridine rings is 1. The van der Waals surface area contributed by atoms with Gasteiger partial charge in [-0.15, -0.1) is 0 Å². The molecule has 0 amide bonds. The number of ether oxygens (including phenoxy) is 1. The van der Waals surface area contributed by atoms with Crippen LogP contribution in [0.3, 0.4) is 0 Å². The van der Waals surface area contributed by atoms with E-state index in [2.05, 4.69) is 9.55 Å². The van der Waals surface area contributed by atoms with Gasteiger partial charge in [0.25, 0.3) is 0 Å². The van der Waals surface area contributed by atoms with Crippen LogP contribution in [0.2, 0.25) is 0 Å². The Balaban J connectivity index is 1.91. The van der Waals surface area contributed by atoms with Crippen LogP contribution in [0, 0.1) is 5.92 Å². The van der Waals surface area contributed by atoms with Crippen molar-refractivity contribution >= 4 is 11.2 Å². The van der Waals surface area contributed by atoms with Crippen LogP contribution in [0.4, 0.5) is 0 Å². The Labute approximate surface area is 112 Å². The average molecular weight is 261 g/mol. The fourth-order valence-corrected chi connectivity index (χ4v) is 2.63. The lowest BCUT2D eigenvalue weighted by Crippen LogP contribution is -2.11. The zero-order valence-electron chi connectivity index (χ0n) is 11.0. The topological polar surface area (TPSA) is 60.2 Å². The van der Waals surface area contributed by atoms with Crippen LogP contribution in [0.1, 0.15) is 18.7 Å². The third kappa shape index (κ3) is 2.62. The molecule has 0 aliphatic carbocycles. The van der Waals surface area contributed by atoms with Crippen LogP contribution in [-0.4, -0.2) is 39.5 Å². The van der Waals surface area contributed by atoms with Gasteiger partial charge in [-0.2, -0.15) is 0 Å². The van der Waals surface area contributed by atoms with E-state index in [1.165, 1.54) is 0 Å². The number of aliphatic hydroxyl groups excluding tert-OH is 1. The molecular weight excluding hydrogens is 242 g/mol. The molecule has 3 rings (SSSR count). The average Bonchev–Trinajstić information content (AvgIpc) is 3.04. The molecule has 19 heavy (non-hydrogen) atoms. The third-order valence-electron chi connectivity index (χ3n) is 3.62. The van der Waals surface area contributed by atoms with E-state index in [1.54, 1.807) is 6.20 Å². The van der Waals surface area contributed by atoms with E-state index >= 15 is 0 Å². The second-order valence-electron chi connectivity index (χ2n) is 5.04. The van der Waals surface area contributed by atoms with E-state index in [-0.39, 0.29) is 6.61 Å². The fourth-order valence-electron chi connectivity index (χ4n) is 2.63. The molecule has 1 aliphatic heterocycles. The molecule has 5 heteroatoms. The highest BCUT2D eigenvalue weighted by atomic mass is 16.5. The number of nitrogens with zero attached hydrogens (tertiary/aromatic N) is 3. The summed E-state index contributed by atoms with van der Waals surface area (Å²) in [5.41, 5.74) is 1.86. The number of hydrogen-bond donors (Lipinski definition) is 1. The van der Waals surface area contributed by atoms with Crippen LogP contribution in [-0.2, 0) is 17.7 Å². The van der Waals surface area contributed by atoms with Crippen molar-refractivity contribution in [3.05, 3.63) is 24.2 Å². The van der Waals surface area contributed by atoms with Gasteiger partial charge in [-0.25, -0.2) is 9.97 Å². The predicted octanol–water partition coefficient (Wildman–Crippen LogP) is 1.39. The summed E-state index contributed by atoms with van der Waals surface area (Å²) in [6, 6.07) is 3.90. The van der Waals surface area contributed by atoms with Gasteiger partial charge in [0.2, 0.25) is 0 Å². The van der Waals surface area contributed by atoms with Crippen LogP contribution in [0.5, 0.6) is 0 Å². The summed E-state index contributed by atoms with van der Waals surface area (Å²) < 4.78 is 7.57. The van der Waals surface area contributed by atoms with E-state index in [0.717, 1.165) is 56.0 Å². The van der Waals surface area contributed by atoms with Gasteiger partial charge < -0.3 is 14.4 Å². The second-order valence-corrected chi connectivity index (χ2v) is 5.04. The zero-order chi connectivity index (χ0) is 13.1. The summed E-state index contributed by atoms with van der Waals surface area (Å²) in [4.78, 5) is 9.11. The molecule has 2 aromatic rings. The van der Waals surface area contributed by atoms with Crippen LogP contribution >= 0.6 is 0 Å². The molecular formula is C14H19N3O2. The first-order valence-corrected chi connectivity index (χ1v) is 6.87. The van der Waals surface area contributed by atoms with Gasteiger partial charge in [-0.1, -0.05) is 0 Å². The Kier molecular flexibility index (Phi) is 3.75. The number of rotatable bonds is 5. The van der Waals surface area contributed by atoms with Crippen molar-refractivity contribution < 1.29 is 9.84 Å². The molecule has 5 nitrogen and oxygen atoms in total. The van der Waals surface area contributed by atoms with Crippen molar-refractivity contribution in [3.8, 4) is 0 Å². The first-order chi connectivity index (χ1) is 9.38. The largest absolute Gasteiger partial charge is 0.396 e. The highest BCUT2D eigenvalue weighted by Crippen LogP contribution is 2.21. The maximum Gasteiger partial charge on any atom is 0.159 e. The first kappa shape index (κ1) is 12.6. The lowest BCUT2D eigenvalue weighted by atomic mass is 10.0. The van der Waals surface area contributed by atoms with Gasteiger partial charge in [-0.05, 0) is 30.9 Å². The quantitative estimate of drug-likeness (QED) is 0.883. The van der Waals surface area contributed by atoms with Gasteiger partial charge in [-0.3, -0.25) is 0 Å². The van der Waals surface area contributed by atoms with Gasteiger partial charge in [0, 0.05) is 39.0 Å². The van der Waals surface area contributed by atoms with Crippen molar-refractivity contribution in [3.63, 3.8) is 0 Å². The summed E-state index contributed by atoms with van der Waals surface area (Å²) in [5.74, 6) is 1.63. The Bertz CT molecular complexity index is 547. The van der Waals surface area contributed by atoms with Crippen molar-refractivity contribution in [2.45, 2.75) is 25.8 Å². The maximum atomic E-state index is 9.04. The predicted molar refractivity (Wildman–Crippen MR) is 71.9 cm³/mol. The van der Waals surface area contributed by atoms with Gasteiger partial charge >= 0.3 is 0 Å². The zero-order valence-corrected chi connectivity index (χ0v) is 11.0. The smallest absolute Gasteiger partial charge is 0.159 e. The SMILES string of the molecule is OCCCn1c(CC2CCOC2)nc2cccnc21. The molecule has 0 bridgehead atoms. The summed E-state index contributed by atoms with van der Waals surface area (Å²) in [6.45, 7) is 2.65. The Morgan fingerprint density at radius 3 is 3.21 bits per heavy atom. The van der Waals surface area contributed by atoms with Crippen molar-refractivity contribution in [1.82, 2.24) is 14.5 Å². The van der Waals surface area contributed by atoms with Crippen molar-refractivity contribution in [2.75, 3.05) is 19.8 Å². The fraction of sp³-hybridized carbons (Fsp3) is 0.571. The monoisotopic (exact) mass is 261 g/mol. The Hall–Kier alpha value is -1.46. The molecule has 0 aromatic carbocycles. The lowest BCUT2D eigenvalue weighted by Gasteiger charge is -2.10. The summed E-state index contributed by atoms with van der Waals surface area (Å²) in [7, 11) is 0. The van der Waals surface area contributed by atoms with Crippen LogP contribution in [0.25, 0.3) is 11.2 Å². The molecule has 1 aliphatic rings. The molecule has 1 fully saturated rings. The summed E-state index contributed by atoms with van der Waals surface area (Å²) >= 11 is 0. The normalized spacial score (nSPS) is 19.3. The van der Waals surface area contributed by atoms with Gasteiger partial charge in [0.15, 0.2) is 5.65 Å². The molecule has 0 saturated carbocycles. The highest BCUT2D eigenvalue weighted by molar-refractivity contribution is 5.71. The van der Waals surface area contributed by atoms with Crippen LogP contribution < -0.4 is 0 Å². The standard InChI is InChI=1S/C14H19N3O2/c18-7-2-6-17-13(9-11-4-8-19-10-11)16-12-3-1-5-15-14(12)17/h1,3,5,11,18H,2,4,6-10H2. The molecule has 1 N–H and O–H groups in total. The molecule has 0 spiro atoms. The number of aliphatic hydroxyl groups is 1. The summed E-state index contributed by atoms with van der Waals surface area (Å²) in [6.07, 6.45) is 4.57. The van der Waals surface area contributed by atoms with Crippen molar-refractivity contribution in [2.24, 2.45) is 5.92 Å². The first-order valence-electron chi connectivity index (χ1n) is 6.87. The number of aromatic nitrogens is 3. The molecule has 3 heterocycles. The van der Waals surface area contributed by atoms with Gasteiger partial charge in [0.1, 0.15) is 11.3 Å². The molecule has 1 unspecified atom stereocenters. The Morgan fingerprint density at radius 1 is 1.47 bits per heavy atom. The van der Waals surface area contributed by atoms with E-state index in [4.69, 9.17) is 14.8 Å². The molecule has 0 radical (unpaired) electrons. The van der Waals surface area contributed by atoms with Gasteiger partial charge in [0.05, 0.1) is 0 Å². The molecule has 2 aromatic heterocycles. The molecule has 1 saturated heterocycles. The lowest BCUT2D eigenvalue weighted by molar-refractivity contribution is 0.185.